The molecule has 0 radical (unpaired) electrons. The van der Waals surface area contributed by atoms with Crippen molar-refractivity contribution in [2.24, 2.45) is 0 Å². The van der Waals surface area contributed by atoms with Crippen molar-refractivity contribution in [3.8, 4) is 11.3 Å². The van der Waals surface area contributed by atoms with Crippen LogP contribution in [0.4, 0.5) is 0 Å². The first-order valence-corrected chi connectivity index (χ1v) is 9.91. The van der Waals surface area contributed by atoms with E-state index in [2.05, 4.69) is 22.1 Å². The molecule has 0 saturated carbocycles. The number of benzene rings is 1. The number of nitrogens with one attached hydrogen (secondary N) is 1. The molecular weight excluding hydrogens is 386 g/mol. The molecule has 2 aromatic heterocycles. The number of furan rings is 1. The van der Waals surface area contributed by atoms with E-state index in [1.54, 1.807) is 24.4 Å². The van der Waals surface area contributed by atoms with E-state index in [9.17, 15) is 9.90 Å². The molecule has 3 aromatic rings. The van der Waals surface area contributed by atoms with Gasteiger partial charge in [0, 0.05) is 18.3 Å². The van der Waals surface area contributed by atoms with Crippen molar-refractivity contribution < 1.29 is 14.3 Å². The van der Waals surface area contributed by atoms with Crippen LogP contribution in [-0.4, -0.2) is 32.6 Å². The van der Waals surface area contributed by atoms with Crippen molar-refractivity contribution in [2.45, 2.75) is 25.4 Å². The fourth-order valence-corrected chi connectivity index (χ4v) is 4.00. The molecule has 2 N–H and O–H groups in total. The summed E-state index contributed by atoms with van der Waals surface area (Å²) in [7, 11) is 0. The van der Waals surface area contributed by atoms with Crippen molar-refractivity contribution >= 4 is 23.3 Å². The molecule has 0 spiro atoms. The lowest BCUT2D eigenvalue weighted by molar-refractivity contribution is 0.0697. The van der Waals surface area contributed by atoms with Crippen molar-refractivity contribution in [1.82, 2.24) is 15.2 Å². The highest BCUT2D eigenvalue weighted by atomic mass is 32.1. The summed E-state index contributed by atoms with van der Waals surface area (Å²) >= 11 is 5.59. The minimum absolute atomic E-state index is 0.125. The third-order valence-electron chi connectivity index (χ3n) is 4.97. The van der Waals surface area contributed by atoms with Crippen LogP contribution in [0.15, 0.2) is 65.2 Å². The Morgan fingerprint density at radius 3 is 2.83 bits per heavy atom. The maximum Gasteiger partial charge on any atom is 0.335 e. The number of carboxylic acids is 1. The summed E-state index contributed by atoms with van der Waals surface area (Å²) in [5.41, 5.74) is 1.84. The van der Waals surface area contributed by atoms with Gasteiger partial charge in [0.15, 0.2) is 5.11 Å². The number of carboxylic acid groups (broad SMARTS) is 1. The number of aromatic nitrogens is 1. The summed E-state index contributed by atoms with van der Waals surface area (Å²) in [6.45, 7) is 2.91. The molecule has 29 heavy (non-hydrogen) atoms. The summed E-state index contributed by atoms with van der Waals surface area (Å²) in [6, 6.07) is 16.1. The Hall–Kier alpha value is -3.19. The fraction of sp³-hybridized carbons (Fsp3) is 0.227. The molecule has 7 heteroatoms. The van der Waals surface area contributed by atoms with E-state index < -0.39 is 5.97 Å². The van der Waals surface area contributed by atoms with Crippen LogP contribution >= 0.6 is 12.2 Å². The summed E-state index contributed by atoms with van der Waals surface area (Å²) < 4.78 is 6.20. The molecule has 1 aliphatic rings. The largest absolute Gasteiger partial charge is 0.478 e. The predicted molar refractivity (Wildman–Crippen MR) is 114 cm³/mol. The Labute approximate surface area is 174 Å². The van der Waals surface area contributed by atoms with Crippen LogP contribution in [-0.2, 0) is 0 Å². The average Bonchev–Trinajstić information content (AvgIpc) is 3.34. The molecule has 0 aliphatic carbocycles. The van der Waals surface area contributed by atoms with E-state index in [1.165, 1.54) is 0 Å². The van der Waals surface area contributed by atoms with Crippen LogP contribution in [0, 0.1) is 0 Å². The minimum atomic E-state index is -0.965. The highest BCUT2D eigenvalue weighted by Gasteiger charge is 2.41. The van der Waals surface area contributed by atoms with Gasteiger partial charge in [0.1, 0.15) is 17.6 Å². The first kappa shape index (κ1) is 19.1. The normalized spacial score (nSPS) is 18.7. The van der Waals surface area contributed by atoms with Crippen LogP contribution in [0.1, 0.15) is 47.2 Å². The molecule has 2 atom stereocenters. The first-order valence-electron chi connectivity index (χ1n) is 9.50. The zero-order valence-corrected chi connectivity index (χ0v) is 16.7. The van der Waals surface area contributed by atoms with Gasteiger partial charge < -0.3 is 19.7 Å². The fourth-order valence-electron chi connectivity index (χ4n) is 3.67. The van der Waals surface area contributed by atoms with Crippen molar-refractivity contribution in [1.29, 1.82) is 0 Å². The van der Waals surface area contributed by atoms with E-state index >= 15 is 0 Å². The van der Waals surface area contributed by atoms with Gasteiger partial charge in [0.25, 0.3) is 0 Å². The second-order valence-electron chi connectivity index (χ2n) is 6.91. The van der Waals surface area contributed by atoms with Gasteiger partial charge >= 0.3 is 5.97 Å². The quantitative estimate of drug-likeness (QED) is 0.586. The van der Waals surface area contributed by atoms with E-state index in [4.69, 9.17) is 16.6 Å². The number of nitrogens with zero attached hydrogens (tertiary/aromatic N) is 2. The van der Waals surface area contributed by atoms with Gasteiger partial charge in [0.05, 0.1) is 17.3 Å². The van der Waals surface area contributed by atoms with E-state index in [-0.39, 0.29) is 17.6 Å². The number of carbonyl (C=O) groups is 1. The monoisotopic (exact) mass is 407 g/mol. The van der Waals surface area contributed by atoms with Gasteiger partial charge in [-0.05, 0) is 55.0 Å². The summed E-state index contributed by atoms with van der Waals surface area (Å²) in [4.78, 5) is 17.9. The Morgan fingerprint density at radius 1 is 1.24 bits per heavy atom. The topological polar surface area (TPSA) is 78.6 Å². The SMILES string of the molecule is CCCN1C(=S)N[C@@H](c2ccccn2)[C@H]1c1ccc(-c2cccc(C(=O)O)c2)o1. The molecule has 1 fully saturated rings. The number of hydrogen-bond acceptors (Lipinski definition) is 4. The zero-order chi connectivity index (χ0) is 20.4. The van der Waals surface area contributed by atoms with Crippen molar-refractivity contribution in [3.05, 3.63) is 77.8 Å². The third kappa shape index (κ3) is 3.73. The molecule has 1 saturated heterocycles. The second-order valence-corrected chi connectivity index (χ2v) is 7.29. The molecule has 6 nitrogen and oxygen atoms in total. The van der Waals surface area contributed by atoms with Gasteiger partial charge in [-0.3, -0.25) is 4.98 Å². The molecule has 0 unspecified atom stereocenters. The molecule has 0 bridgehead atoms. The molecule has 1 aliphatic heterocycles. The maximum absolute atomic E-state index is 11.3. The lowest BCUT2D eigenvalue weighted by atomic mass is 10.0. The third-order valence-corrected chi connectivity index (χ3v) is 5.33. The first-order chi connectivity index (χ1) is 14.1. The molecule has 1 aromatic carbocycles. The molecule has 3 heterocycles. The highest BCUT2D eigenvalue weighted by molar-refractivity contribution is 7.80. The van der Waals surface area contributed by atoms with E-state index in [0.29, 0.717) is 10.9 Å². The standard InChI is InChI=1S/C22H21N3O3S/c1-2-12-25-20(19(24-22(25)29)16-8-3-4-11-23-16)18-10-9-17(28-18)14-6-5-7-15(13-14)21(26)27/h3-11,13,19-20H,2,12H2,1H3,(H,24,29)(H,26,27)/t19-,20+/m0/s1. The van der Waals surface area contributed by atoms with E-state index in [0.717, 1.165) is 30.0 Å². The van der Waals surface area contributed by atoms with Crippen LogP contribution in [0.5, 0.6) is 0 Å². The second kappa shape index (κ2) is 8.05. The summed E-state index contributed by atoms with van der Waals surface area (Å²) in [6.07, 6.45) is 2.71. The van der Waals surface area contributed by atoms with Crippen LogP contribution < -0.4 is 5.32 Å². The molecule has 148 valence electrons. The number of rotatable bonds is 6. The van der Waals surface area contributed by atoms with Gasteiger partial charge in [0.2, 0.25) is 0 Å². The Kier molecular flexibility index (Phi) is 5.31. The van der Waals surface area contributed by atoms with Crippen LogP contribution in [0.25, 0.3) is 11.3 Å². The van der Waals surface area contributed by atoms with Gasteiger partial charge in [-0.1, -0.05) is 25.1 Å². The minimum Gasteiger partial charge on any atom is -0.478 e. The Morgan fingerprint density at radius 2 is 2.10 bits per heavy atom. The van der Waals surface area contributed by atoms with Crippen LogP contribution in [0.2, 0.25) is 0 Å². The van der Waals surface area contributed by atoms with Crippen molar-refractivity contribution in [2.75, 3.05) is 6.54 Å². The maximum atomic E-state index is 11.3. The number of aromatic carboxylic acids is 1. The van der Waals surface area contributed by atoms with Crippen LogP contribution in [0.3, 0.4) is 0 Å². The number of hydrogen-bond donors (Lipinski definition) is 2. The van der Waals surface area contributed by atoms with Crippen molar-refractivity contribution in [3.63, 3.8) is 0 Å². The smallest absolute Gasteiger partial charge is 0.335 e. The highest BCUT2D eigenvalue weighted by Crippen LogP contribution is 2.40. The summed E-state index contributed by atoms with van der Waals surface area (Å²) in [5, 5.41) is 13.3. The van der Waals surface area contributed by atoms with Gasteiger partial charge in [-0.2, -0.15) is 0 Å². The Balaban J connectivity index is 1.72. The average molecular weight is 407 g/mol. The van der Waals surface area contributed by atoms with Gasteiger partial charge in [-0.15, -0.1) is 0 Å². The number of thiocarbonyl (C=S) groups is 1. The lowest BCUT2D eigenvalue weighted by Crippen LogP contribution is -2.30. The van der Waals surface area contributed by atoms with Gasteiger partial charge in [-0.25, -0.2) is 4.79 Å². The predicted octanol–water partition coefficient (Wildman–Crippen LogP) is 4.42. The molecule has 0 amide bonds. The Bertz CT molecular complexity index is 1030. The number of pyridine rings is 1. The van der Waals surface area contributed by atoms with E-state index in [1.807, 2.05) is 36.4 Å². The zero-order valence-electron chi connectivity index (χ0n) is 15.9. The molecular formula is C22H21N3O3S. The summed E-state index contributed by atoms with van der Waals surface area (Å²) in [5.74, 6) is 0.419. The lowest BCUT2D eigenvalue weighted by Gasteiger charge is -2.25. The molecule has 4 rings (SSSR count).